The second-order valence-corrected chi connectivity index (χ2v) is 8.21. The van der Waals surface area contributed by atoms with E-state index in [1.54, 1.807) is 16.9 Å². The number of amides is 1. The van der Waals surface area contributed by atoms with Crippen molar-refractivity contribution in [2.24, 2.45) is 0 Å². The van der Waals surface area contributed by atoms with Crippen LogP contribution in [0.2, 0.25) is 0 Å². The second kappa shape index (κ2) is 7.83. The minimum absolute atomic E-state index is 0.0811. The minimum atomic E-state index is -3.77. The first-order chi connectivity index (χ1) is 13.3. The molecule has 0 aliphatic carbocycles. The Balaban J connectivity index is 1.87. The smallest absolute Gasteiger partial charge is 0.256 e. The predicted octanol–water partition coefficient (Wildman–Crippen LogP) is 2.38. The first-order valence-corrected chi connectivity index (χ1v) is 9.80. The number of para-hydroxylation sites is 1. The van der Waals surface area contributed by atoms with Crippen LogP contribution < -0.4 is 10.1 Å². The van der Waals surface area contributed by atoms with Gasteiger partial charge < -0.3 is 10.1 Å². The number of benzene rings is 2. The van der Waals surface area contributed by atoms with Crippen LogP contribution in [0.15, 0.2) is 65.7 Å². The van der Waals surface area contributed by atoms with E-state index < -0.39 is 15.9 Å². The fraction of sp³-hybridized carbons (Fsp3) is 0.158. The number of carbonyl (C=O) groups is 1. The van der Waals surface area contributed by atoms with Crippen LogP contribution in [0.5, 0.6) is 5.75 Å². The van der Waals surface area contributed by atoms with Gasteiger partial charge >= 0.3 is 0 Å². The number of ether oxygens (including phenoxy) is 1. The molecule has 1 N–H and O–H groups in total. The van der Waals surface area contributed by atoms with Gasteiger partial charge in [0.05, 0.1) is 12.8 Å². The molecule has 0 bridgehead atoms. The molecule has 9 heteroatoms. The molecule has 0 radical (unpaired) electrons. The number of nitrogens with zero attached hydrogens (tertiary/aromatic N) is 3. The number of sulfonamides is 1. The molecule has 1 heterocycles. The van der Waals surface area contributed by atoms with Crippen LogP contribution in [-0.4, -0.2) is 49.6 Å². The quantitative estimate of drug-likeness (QED) is 0.686. The van der Waals surface area contributed by atoms with Gasteiger partial charge in [-0.05, 0) is 30.3 Å². The standard InChI is InChI=1S/C19H20N4O4S/c1-22(2)28(25,26)17-13-14(9-10-16(17)27-3)19(24)20-18-11-12-23(21-18)15-7-5-4-6-8-15/h4-13H,1-3H3,(H,20,21,24). The average molecular weight is 400 g/mol. The molecule has 0 saturated carbocycles. The largest absolute Gasteiger partial charge is 0.495 e. The van der Waals surface area contributed by atoms with E-state index in [1.807, 2.05) is 30.3 Å². The molecule has 28 heavy (non-hydrogen) atoms. The number of methoxy groups -OCH3 is 1. The fourth-order valence-corrected chi connectivity index (χ4v) is 3.59. The summed E-state index contributed by atoms with van der Waals surface area (Å²) >= 11 is 0. The van der Waals surface area contributed by atoms with Crippen molar-refractivity contribution in [2.45, 2.75) is 4.90 Å². The number of hydrogen-bond acceptors (Lipinski definition) is 5. The van der Waals surface area contributed by atoms with Gasteiger partial charge in [-0.3, -0.25) is 4.79 Å². The molecule has 0 unspecified atom stereocenters. The highest BCUT2D eigenvalue weighted by Gasteiger charge is 2.24. The van der Waals surface area contributed by atoms with Gasteiger partial charge in [-0.15, -0.1) is 0 Å². The van der Waals surface area contributed by atoms with Crippen LogP contribution in [0.1, 0.15) is 10.4 Å². The Morgan fingerprint density at radius 1 is 1.11 bits per heavy atom. The maximum atomic E-state index is 12.6. The summed E-state index contributed by atoms with van der Waals surface area (Å²) in [5.41, 5.74) is 1.03. The summed E-state index contributed by atoms with van der Waals surface area (Å²) in [5.74, 6) is 0.0384. The Morgan fingerprint density at radius 2 is 1.82 bits per heavy atom. The molecule has 0 spiro atoms. The van der Waals surface area contributed by atoms with Crippen molar-refractivity contribution in [2.75, 3.05) is 26.5 Å². The zero-order valence-corrected chi connectivity index (χ0v) is 16.5. The third-order valence-corrected chi connectivity index (χ3v) is 5.87. The maximum absolute atomic E-state index is 12.6. The lowest BCUT2D eigenvalue weighted by molar-refractivity contribution is 0.102. The van der Waals surface area contributed by atoms with Gasteiger partial charge in [-0.25, -0.2) is 17.4 Å². The van der Waals surface area contributed by atoms with Crippen LogP contribution >= 0.6 is 0 Å². The summed E-state index contributed by atoms with van der Waals surface area (Å²) in [4.78, 5) is 12.5. The molecule has 146 valence electrons. The third kappa shape index (κ3) is 3.90. The van der Waals surface area contributed by atoms with Crippen LogP contribution in [0.25, 0.3) is 5.69 Å². The number of nitrogens with one attached hydrogen (secondary N) is 1. The normalized spacial score (nSPS) is 11.4. The highest BCUT2D eigenvalue weighted by Crippen LogP contribution is 2.27. The highest BCUT2D eigenvalue weighted by atomic mass is 32.2. The summed E-state index contributed by atoms with van der Waals surface area (Å²) < 4.78 is 32.8. The van der Waals surface area contributed by atoms with Gasteiger partial charge in [0.2, 0.25) is 10.0 Å². The highest BCUT2D eigenvalue weighted by molar-refractivity contribution is 7.89. The lowest BCUT2D eigenvalue weighted by Crippen LogP contribution is -2.23. The minimum Gasteiger partial charge on any atom is -0.495 e. The van der Waals surface area contributed by atoms with Crippen molar-refractivity contribution in [1.29, 1.82) is 0 Å². The van der Waals surface area contributed by atoms with Crippen LogP contribution in [0.4, 0.5) is 5.82 Å². The Bertz CT molecular complexity index is 1090. The molecule has 8 nitrogen and oxygen atoms in total. The molecule has 2 aromatic carbocycles. The number of hydrogen-bond donors (Lipinski definition) is 1. The Kier molecular flexibility index (Phi) is 5.48. The Morgan fingerprint density at radius 3 is 2.46 bits per heavy atom. The SMILES string of the molecule is COc1ccc(C(=O)Nc2ccn(-c3ccccc3)n2)cc1S(=O)(=O)N(C)C. The first-order valence-electron chi connectivity index (χ1n) is 8.36. The van der Waals surface area contributed by atoms with E-state index in [4.69, 9.17) is 4.74 Å². The molecule has 0 saturated heterocycles. The molecule has 0 aliphatic rings. The van der Waals surface area contributed by atoms with E-state index in [9.17, 15) is 13.2 Å². The van der Waals surface area contributed by atoms with Gasteiger partial charge in [-0.2, -0.15) is 5.10 Å². The van der Waals surface area contributed by atoms with E-state index >= 15 is 0 Å². The van der Waals surface area contributed by atoms with Crippen molar-refractivity contribution in [3.63, 3.8) is 0 Å². The molecule has 0 atom stereocenters. The Hall–Kier alpha value is -3.17. The van der Waals surface area contributed by atoms with Crippen molar-refractivity contribution < 1.29 is 17.9 Å². The summed E-state index contributed by atoms with van der Waals surface area (Å²) in [6.45, 7) is 0. The summed E-state index contributed by atoms with van der Waals surface area (Å²) in [6.07, 6.45) is 1.72. The van der Waals surface area contributed by atoms with E-state index in [0.29, 0.717) is 5.82 Å². The van der Waals surface area contributed by atoms with Gasteiger partial charge in [0.15, 0.2) is 5.82 Å². The summed E-state index contributed by atoms with van der Waals surface area (Å²) in [6, 6.07) is 15.4. The maximum Gasteiger partial charge on any atom is 0.256 e. The number of aromatic nitrogens is 2. The van der Waals surface area contributed by atoms with Crippen molar-refractivity contribution in [3.8, 4) is 11.4 Å². The average Bonchev–Trinajstić information content (AvgIpc) is 3.16. The zero-order valence-electron chi connectivity index (χ0n) is 15.7. The van der Waals surface area contributed by atoms with Gasteiger partial charge in [0, 0.05) is 31.9 Å². The second-order valence-electron chi connectivity index (χ2n) is 6.09. The number of rotatable bonds is 6. The Labute approximate surface area is 163 Å². The van der Waals surface area contributed by atoms with Crippen molar-refractivity contribution >= 4 is 21.7 Å². The van der Waals surface area contributed by atoms with E-state index in [1.165, 1.54) is 39.4 Å². The molecule has 1 aromatic heterocycles. The number of carbonyl (C=O) groups excluding carboxylic acids is 1. The number of anilines is 1. The van der Waals surface area contributed by atoms with Gasteiger partial charge in [0.1, 0.15) is 10.6 Å². The lowest BCUT2D eigenvalue weighted by Gasteiger charge is -2.15. The third-order valence-electron chi connectivity index (χ3n) is 4.04. The monoisotopic (exact) mass is 400 g/mol. The van der Waals surface area contributed by atoms with Gasteiger partial charge in [-0.1, -0.05) is 18.2 Å². The van der Waals surface area contributed by atoms with Crippen LogP contribution in [-0.2, 0) is 10.0 Å². The van der Waals surface area contributed by atoms with Crippen molar-refractivity contribution in [1.82, 2.24) is 14.1 Å². The van der Waals surface area contributed by atoms with Crippen LogP contribution in [0, 0.1) is 0 Å². The fourth-order valence-electron chi connectivity index (χ4n) is 2.52. The summed E-state index contributed by atoms with van der Waals surface area (Å²) in [7, 11) is 0.432. The summed E-state index contributed by atoms with van der Waals surface area (Å²) in [5, 5.41) is 6.99. The molecule has 3 aromatic rings. The van der Waals surface area contributed by atoms with E-state index in [2.05, 4.69) is 10.4 Å². The molecule has 0 aliphatic heterocycles. The van der Waals surface area contributed by atoms with Gasteiger partial charge in [0.25, 0.3) is 5.91 Å². The molecule has 0 fully saturated rings. The van der Waals surface area contributed by atoms with E-state index in [0.717, 1.165) is 9.99 Å². The first kappa shape index (κ1) is 19.6. The topological polar surface area (TPSA) is 93.5 Å². The zero-order chi connectivity index (χ0) is 20.3. The molecular formula is C19H20N4O4S. The van der Waals surface area contributed by atoms with Crippen molar-refractivity contribution in [3.05, 3.63) is 66.4 Å². The predicted molar refractivity (Wildman–Crippen MR) is 105 cm³/mol. The lowest BCUT2D eigenvalue weighted by atomic mass is 10.2. The molecule has 3 rings (SSSR count). The molecular weight excluding hydrogens is 380 g/mol. The van der Waals surface area contributed by atoms with Crippen LogP contribution in [0.3, 0.4) is 0 Å². The molecule has 1 amide bonds. The van der Waals surface area contributed by atoms with E-state index in [-0.39, 0.29) is 16.2 Å².